The Morgan fingerprint density at radius 2 is 2.07 bits per heavy atom. The predicted octanol–water partition coefficient (Wildman–Crippen LogP) is 4.07. The number of carbonyl (C=O) groups is 1. The smallest absolute Gasteiger partial charge is 0.263 e. The van der Waals surface area contributed by atoms with Gasteiger partial charge < -0.3 is 5.32 Å². The molecular weight excluding hydrogens is 402 g/mol. The van der Waals surface area contributed by atoms with Crippen molar-refractivity contribution < 1.29 is 4.79 Å². The Kier molecular flexibility index (Phi) is 6.06. The summed E-state index contributed by atoms with van der Waals surface area (Å²) in [5, 5.41) is 4.41. The van der Waals surface area contributed by atoms with Gasteiger partial charge in [-0.2, -0.15) is 0 Å². The molecule has 29 heavy (non-hydrogen) atoms. The standard InChI is InChI=1S/C22H25N3O2S2/c1-3-11-25-21(27)19-16-5-4-6-17(16)29-20(19)24-22(25)28-13-18(26)23-12-15-9-7-14(2)8-10-15/h7-10H,3-6,11-13H2,1-2H3,(H,23,26). The molecule has 0 fully saturated rings. The molecule has 152 valence electrons. The minimum Gasteiger partial charge on any atom is -0.351 e. The third kappa shape index (κ3) is 4.26. The highest BCUT2D eigenvalue weighted by Gasteiger charge is 2.23. The normalized spacial score (nSPS) is 13.0. The Morgan fingerprint density at radius 1 is 1.28 bits per heavy atom. The maximum Gasteiger partial charge on any atom is 0.263 e. The number of nitrogens with one attached hydrogen (secondary N) is 1. The lowest BCUT2D eigenvalue weighted by Gasteiger charge is -2.11. The van der Waals surface area contributed by atoms with Crippen LogP contribution in [0.15, 0.2) is 34.2 Å². The van der Waals surface area contributed by atoms with Crippen molar-refractivity contribution in [1.82, 2.24) is 14.9 Å². The van der Waals surface area contributed by atoms with Crippen LogP contribution in [-0.4, -0.2) is 21.2 Å². The highest BCUT2D eigenvalue weighted by atomic mass is 32.2. The molecule has 7 heteroatoms. The zero-order chi connectivity index (χ0) is 20.4. The van der Waals surface area contributed by atoms with Gasteiger partial charge in [-0.05, 0) is 43.7 Å². The van der Waals surface area contributed by atoms with Gasteiger partial charge in [0.25, 0.3) is 5.56 Å². The number of aromatic nitrogens is 2. The van der Waals surface area contributed by atoms with Crippen LogP contribution in [-0.2, 0) is 30.7 Å². The fourth-order valence-electron chi connectivity index (χ4n) is 3.68. The zero-order valence-electron chi connectivity index (χ0n) is 16.8. The summed E-state index contributed by atoms with van der Waals surface area (Å²) in [5.74, 6) is 0.195. The van der Waals surface area contributed by atoms with Crippen LogP contribution in [0.25, 0.3) is 10.2 Å². The Labute approximate surface area is 178 Å². The van der Waals surface area contributed by atoms with Crippen molar-refractivity contribution in [2.24, 2.45) is 0 Å². The Hall–Kier alpha value is -2.12. The Balaban J connectivity index is 1.49. The molecule has 0 unspecified atom stereocenters. The van der Waals surface area contributed by atoms with Crippen molar-refractivity contribution in [2.75, 3.05) is 5.75 Å². The molecule has 1 aliphatic rings. The molecule has 0 bridgehead atoms. The monoisotopic (exact) mass is 427 g/mol. The second-order valence-corrected chi connectivity index (χ2v) is 9.47. The quantitative estimate of drug-likeness (QED) is 0.456. The number of hydrogen-bond acceptors (Lipinski definition) is 5. The van der Waals surface area contributed by atoms with E-state index in [-0.39, 0.29) is 17.2 Å². The van der Waals surface area contributed by atoms with Gasteiger partial charge in [0.1, 0.15) is 4.83 Å². The highest BCUT2D eigenvalue weighted by Crippen LogP contribution is 2.35. The van der Waals surface area contributed by atoms with Gasteiger partial charge >= 0.3 is 0 Å². The number of aryl methyl sites for hydroxylation is 3. The Bertz CT molecular complexity index is 1100. The van der Waals surface area contributed by atoms with Gasteiger partial charge in [0, 0.05) is 18.0 Å². The summed E-state index contributed by atoms with van der Waals surface area (Å²) in [6.45, 7) is 5.23. The molecule has 2 heterocycles. The number of rotatable bonds is 7. The largest absolute Gasteiger partial charge is 0.351 e. The van der Waals surface area contributed by atoms with Crippen LogP contribution in [0.5, 0.6) is 0 Å². The SMILES string of the molecule is CCCn1c(SCC(=O)NCc2ccc(C)cc2)nc2sc3c(c2c1=O)CCC3. The number of thioether (sulfide) groups is 1. The number of amides is 1. The molecule has 4 rings (SSSR count). The van der Waals surface area contributed by atoms with Crippen molar-refractivity contribution >= 4 is 39.2 Å². The molecule has 0 atom stereocenters. The molecular formula is C22H25N3O2S2. The van der Waals surface area contributed by atoms with Crippen LogP contribution in [0.1, 0.15) is 41.3 Å². The summed E-state index contributed by atoms with van der Waals surface area (Å²) in [4.78, 5) is 32.4. The van der Waals surface area contributed by atoms with E-state index in [9.17, 15) is 9.59 Å². The fraction of sp³-hybridized carbons (Fsp3) is 0.409. The highest BCUT2D eigenvalue weighted by molar-refractivity contribution is 7.99. The predicted molar refractivity (Wildman–Crippen MR) is 120 cm³/mol. The van der Waals surface area contributed by atoms with E-state index in [1.165, 1.54) is 27.8 Å². The van der Waals surface area contributed by atoms with Crippen molar-refractivity contribution in [1.29, 1.82) is 0 Å². The van der Waals surface area contributed by atoms with Crippen molar-refractivity contribution in [3.05, 3.63) is 56.2 Å². The van der Waals surface area contributed by atoms with Crippen LogP contribution < -0.4 is 10.9 Å². The van der Waals surface area contributed by atoms with E-state index >= 15 is 0 Å². The first-order valence-electron chi connectivity index (χ1n) is 10.1. The number of nitrogens with zero attached hydrogens (tertiary/aromatic N) is 2. The molecule has 5 nitrogen and oxygen atoms in total. The van der Waals surface area contributed by atoms with E-state index in [1.54, 1.807) is 15.9 Å². The molecule has 0 spiro atoms. The van der Waals surface area contributed by atoms with Gasteiger partial charge in [-0.25, -0.2) is 4.98 Å². The number of benzene rings is 1. The van der Waals surface area contributed by atoms with Crippen LogP contribution in [0.2, 0.25) is 0 Å². The molecule has 3 aromatic rings. The second-order valence-electron chi connectivity index (χ2n) is 7.44. The minimum absolute atomic E-state index is 0.0540. The third-order valence-corrected chi connectivity index (χ3v) is 7.34. The average Bonchev–Trinajstić information content (AvgIpc) is 3.29. The molecule has 2 aromatic heterocycles. The molecule has 0 aliphatic heterocycles. The first kappa shape index (κ1) is 20.2. The van der Waals surface area contributed by atoms with E-state index in [1.807, 2.05) is 31.2 Å². The molecule has 1 N–H and O–H groups in total. The average molecular weight is 428 g/mol. The first-order valence-corrected chi connectivity index (χ1v) is 11.9. The summed E-state index contributed by atoms with van der Waals surface area (Å²) < 4.78 is 1.76. The fourth-order valence-corrected chi connectivity index (χ4v) is 5.83. The topological polar surface area (TPSA) is 64.0 Å². The van der Waals surface area contributed by atoms with Gasteiger partial charge in [-0.1, -0.05) is 48.5 Å². The van der Waals surface area contributed by atoms with Crippen molar-refractivity contribution in [2.45, 2.75) is 57.8 Å². The molecule has 1 aliphatic carbocycles. The lowest BCUT2D eigenvalue weighted by molar-refractivity contribution is -0.118. The molecule has 0 saturated heterocycles. The van der Waals surface area contributed by atoms with E-state index in [0.717, 1.165) is 41.5 Å². The van der Waals surface area contributed by atoms with E-state index in [2.05, 4.69) is 12.2 Å². The maximum atomic E-state index is 13.2. The summed E-state index contributed by atoms with van der Waals surface area (Å²) in [5.41, 5.74) is 3.54. The van der Waals surface area contributed by atoms with E-state index in [4.69, 9.17) is 4.98 Å². The summed E-state index contributed by atoms with van der Waals surface area (Å²) >= 11 is 3.00. The summed E-state index contributed by atoms with van der Waals surface area (Å²) in [6.07, 6.45) is 4.01. The van der Waals surface area contributed by atoms with Crippen LogP contribution in [0.3, 0.4) is 0 Å². The molecule has 0 saturated carbocycles. The van der Waals surface area contributed by atoms with Crippen LogP contribution in [0.4, 0.5) is 0 Å². The first-order chi connectivity index (χ1) is 14.1. The van der Waals surface area contributed by atoms with Gasteiger partial charge in [-0.3, -0.25) is 14.2 Å². The second kappa shape index (κ2) is 8.71. The molecule has 1 aromatic carbocycles. The number of carbonyl (C=O) groups excluding carboxylic acids is 1. The lowest BCUT2D eigenvalue weighted by atomic mass is 10.1. The lowest BCUT2D eigenvalue weighted by Crippen LogP contribution is -2.26. The number of fused-ring (bicyclic) bond motifs is 3. The Morgan fingerprint density at radius 3 is 2.83 bits per heavy atom. The molecule has 0 radical (unpaired) electrons. The van der Waals surface area contributed by atoms with Crippen LogP contribution in [0, 0.1) is 6.92 Å². The van der Waals surface area contributed by atoms with Crippen LogP contribution >= 0.6 is 23.1 Å². The van der Waals surface area contributed by atoms with Gasteiger partial charge in [0.15, 0.2) is 5.16 Å². The van der Waals surface area contributed by atoms with E-state index < -0.39 is 0 Å². The maximum absolute atomic E-state index is 13.2. The van der Waals surface area contributed by atoms with Gasteiger partial charge in [0.2, 0.25) is 5.91 Å². The number of hydrogen-bond donors (Lipinski definition) is 1. The van der Waals surface area contributed by atoms with E-state index in [0.29, 0.717) is 18.2 Å². The minimum atomic E-state index is -0.0540. The number of thiophene rings is 1. The summed E-state index contributed by atoms with van der Waals surface area (Å²) in [6, 6.07) is 8.12. The van der Waals surface area contributed by atoms with Gasteiger partial charge in [0.05, 0.1) is 11.1 Å². The third-order valence-electron chi connectivity index (χ3n) is 5.18. The summed E-state index contributed by atoms with van der Waals surface area (Å²) in [7, 11) is 0. The van der Waals surface area contributed by atoms with Crippen molar-refractivity contribution in [3.63, 3.8) is 0 Å². The zero-order valence-corrected chi connectivity index (χ0v) is 18.4. The van der Waals surface area contributed by atoms with Gasteiger partial charge in [-0.15, -0.1) is 11.3 Å². The molecule has 1 amide bonds. The van der Waals surface area contributed by atoms with Crippen molar-refractivity contribution in [3.8, 4) is 0 Å².